The second kappa shape index (κ2) is 46.7. The van der Waals surface area contributed by atoms with E-state index in [-0.39, 0.29) is 25.8 Å². The number of esters is 1. The van der Waals surface area contributed by atoms with Gasteiger partial charge in [-0.25, -0.2) is 4.57 Å². The molecule has 0 aromatic heterocycles. The largest absolute Gasteiger partial charge is 0.472 e. The van der Waals surface area contributed by atoms with Crippen molar-refractivity contribution in [3.05, 3.63) is 60.8 Å². The van der Waals surface area contributed by atoms with Crippen molar-refractivity contribution in [2.24, 2.45) is 0 Å². The molecule has 2 unspecified atom stereocenters. The monoisotopic (exact) mass is 907 g/mol. The maximum Gasteiger partial charge on any atom is 0.472 e. The molecule has 0 aliphatic heterocycles. The van der Waals surface area contributed by atoms with Crippen LogP contribution in [0.4, 0.5) is 0 Å². The van der Waals surface area contributed by atoms with Crippen molar-refractivity contribution in [1.82, 2.24) is 0 Å². The topological polar surface area (TPSA) is 91.3 Å². The van der Waals surface area contributed by atoms with Crippen LogP contribution in [-0.2, 0) is 27.9 Å². The Hall–Kier alpha value is -1.80. The summed E-state index contributed by atoms with van der Waals surface area (Å²) in [7, 11) is 1.64. The molecule has 0 rings (SSSR count). The molecular formula is C54H101NO7P+. The predicted octanol–water partition coefficient (Wildman–Crippen LogP) is 16.1. The Bertz CT molecular complexity index is 1190. The number of ether oxygens (including phenoxy) is 2. The lowest BCUT2D eigenvalue weighted by Gasteiger charge is -2.24. The Kier molecular flexibility index (Phi) is 45.4. The van der Waals surface area contributed by atoms with Gasteiger partial charge in [-0.05, 0) is 77.0 Å². The standard InChI is InChI=1S/C54H100NO7P/c1-6-8-10-12-14-16-18-20-22-24-25-26-27-28-29-30-31-32-33-35-37-39-41-43-45-47-54(56)62-53(52-61-63(57,58)60-50-48-55(3,4)5)51-59-49-46-44-42-40-38-36-34-23-21-19-17-15-13-11-9-7-2/h9,11,15,17,21,23-25,36,38,53H,6-8,10,12-14,16,18-20,22,26-35,37,39-52H2,1-5H3/p+1/b11-9-,17-15-,23-21-,25-24-,38-36-. The van der Waals surface area contributed by atoms with E-state index in [2.05, 4.69) is 74.6 Å². The molecule has 368 valence electrons. The highest BCUT2D eigenvalue weighted by atomic mass is 31.2. The van der Waals surface area contributed by atoms with Gasteiger partial charge < -0.3 is 18.9 Å². The number of unbranched alkanes of at least 4 members (excludes halogenated alkanes) is 24. The SMILES string of the molecule is CC/C=C\C/C=C\C/C=C\C/C=C\CCCCCOCC(COP(=O)(O)OCC[N+](C)(C)C)OC(=O)CCCCCCCCCCCCCCC/C=C\CCCCCCCCCC. The van der Waals surface area contributed by atoms with Gasteiger partial charge in [0.25, 0.3) is 0 Å². The number of quaternary nitrogens is 1. The van der Waals surface area contributed by atoms with E-state index in [4.69, 9.17) is 18.5 Å². The number of phosphoric acid groups is 1. The van der Waals surface area contributed by atoms with Crippen LogP contribution in [0.15, 0.2) is 60.8 Å². The zero-order valence-corrected chi connectivity index (χ0v) is 42.7. The van der Waals surface area contributed by atoms with Crippen LogP contribution in [0.2, 0.25) is 0 Å². The van der Waals surface area contributed by atoms with Gasteiger partial charge in [0.05, 0.1) is 34.4 Å². The summed E-state index contributed by atoms with van der Waals surface area (Å²) in [5.74, 6) is -0.325. The van der Waals surface area contributed by atoms with Gasteiger partial charge in [0.1, 0.15) is 19.3 Å². The molecule has 0 aromatic rings. The third-order valence-electron chi connectivity index (χ3n) is 11.1. The molecule has 2 atom stereocenters. The maximum atomic E-state index is 12.8. The summed E-state index contributed by atoms with van der Waals surface area (Å²) in [5, 5.41) is 0. The molecule has 0 aliphatic carbocycles. The number of carbonyl (C=O) groups excluding carboxylic acids is 1. The van der Waals surface area contributed by atoms with Crippen molar-refractivity contribution in [2.45, 2.75) is 225 Å². The molecule has 0 amide bonds. The second-order valence-corrected chi connectivity index (χ2v) is 20.0. The molecule has 0 radical (unpaired) electrons. The maximum absolute atomic E-state index is 12.8. The fourth-order valence-corrected chi connectivity index (χ4v) is 7.81. The number of phosphoric ester groups is 1. The fourth-order valence-electron chi connectivity index (χ4n) is 7.07. The third-order valence-corrected chi connectivity index (χ3v) is 12.0. The van der Waals surface area contributed by atoms with Crippen LogP contribution in [0.5, 0.6) is 0 Å². The van der Waals surface area contributed by atoms with Crippen molar-refractivity contribution in [3.63, 3.8) is 0 Å². The van der Waals surface area contributed by atoms with Gasteiger partial charge in [0.15, 0.2) is 0 Å². The number of hydrogen-bond acceptors (Lipinski definition) is 6. The van der Waals surface area contributed by atoms with Gasteiger partial charge in [0, 0.05) is 13.0 Å². The summed E-state index contributed by atoms with van der Waals surface area (Å²) >= 11 is 0. The van der Waals surface area contributed by atoms with Gasteiger partial charge in [-0.3, -0.25) is 13.8 Å². The van der Waals surface area contributed by atoms with Crippen LogP contribution in [-0.4, -0.2) is 75.6 Å². The molecule has 8 nitrogen and oxygen atoms in total. The molecule has 0 aromatic carbocycles. The van der Waals surface area contributed by atoms with Crippen molar-refractivity contribution < 1.29 is 37.3 Å². The normalized spacial score (nSPS) is 14.1. The van der Waals surface area contributed by atoms with E-state index >= 15 is 0 Å². The quantitative estimate of drug-likeness (QED) is 0.0214. The summed E-state index contributed by atoms with van der Waals surface area (Å²) in [6.45, 7) is 5.44. The predicted molar refractivity (Wildman–Crippen MR) is 270 cm³/mol. The molecule has 63 heavy (non-hydrogen) atoms. The van der Waals surface area contributed by atoms with E-state index in [1.54, 1.807) is 0 Å². The Labute approximate surface area is 390 Å². The second-order valence-electron chi connectivity index (χ2n) is 18.5. The first-order chi connectivity index (χ1) is 30.6. The van der Waals surface area contributed by atoms with Crippen LogP contribution in [0, 0.1) is 0 Å². The minimum atomic E-state index is -4.29. The van der Waals surface area contributed by atoms with E-state index in [0.29, 0.717) is 24.1 Å². The average molecular weight is 907 g/mol. The van der Waals surface area contributed by atoms with Gasteiger partial charge in [-0.1, -0.05) is 197 Å². The Balaban J connectivity index is 4.12. The highest BCUT2D eigenvalue weighted by Crippen LogP contribution is 2.43. The molecular weight excluding hydrogens is 806 g/mol. The Morgan fingerprint density at radius 3 is 1.40 bits per heavy atom. The van der Waals surface area contributed by atoms with Crippen LogP contribution >= 0.6 is 7.82 Å². The number of rotatable bonds is 48. The highest BCUT2D eigenvalue weighted by molar-refractivity contribution is 7.47. The van der Waals surface area contributed by atoms with Gasteiger partial charge >= 0.3 is 13.8 Å². The highest BCUT2D eigenvalue weighted by Gasteiger charge is 2.26. The van der Waals surface area contributed by atoms with E-state index < -0.39 is 13.9 Å². The molecule has 0 spiro atoms. The minimum absolute atomic E-state index is 0.0804. The number of likely N-dealkylation sites (N-methyl/N-ethyl adjacent to an activating group) is 1. The van der Waals surface area contributed by atoms with E-state index in [0.717, 1.165) is 70.6 Å². The number of allylic oxidation sites excluding steroid dienone is 10. The van der Waals surface area contributed by atoms with Crippen LogP contribution in [0.25, 0.3) is 0 Å². The van der Waals surface area contributed by atoms with Crippen LogP contribution < -0.4 is 0 Å². The lowest BCUT2D eigenvalue weighted by Crippen LogP contribution is -2.37. The van der Waals surface area contributed by atoms with Crippen molar-refractivity contribution >= 4 is 13.8 Å². The summed E-state index contributed by atoms with van der Waals surface area (Å²) in [5.41, 5.74) is 0. The van der Waals surface area contributed by atoms with E-state index in [9.17, 15) is 14.3 Å². The van der Waals surface area contributed by atoms with Gasteiger partial charge in [-0.2, -0.15) is 0 Å². The molecule has 0 heterocycles. The van der Waals surface area contributed by atoms with Gasteiger partial charge in [-0.15, -0.1) is 0 Å². The summed E-state index contributed by atoms with van der Waals surface area (Å²) in [6, 6.07) is 0. The first-order valence-corrected chi connectivity index (χ1v) is 27.5. The van der Waals surface area contributed by atoms with E-state index in [1.807, 2.05) is 21.1 Å². The summed E-state index contributed by atoms with van der Waals surface area (Å²) < 4.78 is 35.1. The zero-order valence-electron chi connectivity index (χ0n) is 41.8. The third kappa shape index (κ3) is 51.1. The van der Waals surface area contributed by atoms with Crippen LogP contribution in [0.3, 0.4) is 0 Å². The Morgan fingerprint density at radius 1 is 0.508 bits per heavy atom. The molecule has 1 N–H and O–H groups in total. The van der Waals surface area contributed by atoms with Crippen LogP contribution in [0.1, 0.15) is 219 Å². The molecule has 0 bridgehead atoms. The Morgan fingerprint density at radius 2 is 0.921 bits per heavy atom. The number of nitrogens with zero attached hydrogens (tertiary/aromatic N) is 1. The average Bonchev–Trinajstić information content (AvgIpc) is 3.24. The van der Waals surface area contributed by atoms with Crippen molar-refractivity contribution in [3.8, 4) is 0 Å². The molecule has 0 aliphatic rings. The lowest BCUT2D eigenvalue weighted by molar-refractivity contribution is -0.870. The molecule has 0 saturated heterocycles. The van der Waals surface area contributed by atoms with E-state index in [1.165, 1.54) is 128 Å². The lowest BCUT2D eigenvalue weighted by atomic mass is 10.0. The fraction of sp³-hybridized carbons (Fsp3) is 0.796. The first-order valence-electron chi connectivity index (χ1n) is 26.0. The number of hydrogen-bond donors (Lipinski definition) is 1. The van der Waals surface area contributed by atoms with Crippen molar-refractivity contribution in [2.75, 3.05) is 54.1 Å². The zero-order chi connectivity index (χ0) is 46.2. The minimum Gasteiger partial charge on any atom is -0.457 e. The molecule has 9 heteroatoms. The molecule has 0 fully saturated rings. The molecule has 0 saturated carbocycles. The summed E-state index contributed by atoms with van der Waals surface area (Å²) in [6.07, 6.45) is 59.9. The first kappa shape index (κ1) is 61.2. The smallest absolute Gasteiger partial charge is 0.457 e. The van der Waals surface area contributed by atoms with Crippen molar-refractivity contribution in [1.29, 1.82) is 0 Å². The van der Waals surface area contributed by atoms with Gasteiger partial charge in [0.2, 0.25) is 0 Å². The summed E-state index contributed by atoms with van der Waals surface area (Å²) in [4.78, 5) is 23.0. The number of carbonyl (C=O) groups is 1.